The minimum absolute atomic E-state index is 0.00309. The molecule has 0 radical (unpaired) electrons. The molecule has 0 bridgehead atoms. The number of hydrogen-bond acceptors (Lipinski definition) is 5. The van der Waals surface area contributed by atoms with Gasteiger partial charge in [-0.05, 0) is 39.0 Å². The van der Waals surface area contributed by atoms with Crippen molar-refractivity contribution >= 4 is 11.4 Å². The Hall–Kier alpha value is -1.66. The Labute approximate surface area is 119 Å². The van der Waals surface area contributed by atoms with Gasteiger partial charge in [-0.1, -0.05) is 12.1 Å². The van der Waals surface area contributed by atoms with E-state index in [0.717, 1.165) is 25.1 Å². The van der Waals surface area contributed by atoms with Crippen LogP contribution < -0.4 is 5.73 Å². The molecule has 1 fully saturated rings. The number of nitrogen functional groups attached to an aromatic ring is 1. The van der Waals surface area contributed by atoms with Crippen LogP contribution in [0.3, 0.4) is 0 Å². The molecule has 0 saturated carbocycles. The quantitative estimate of drug-likeness (QED) is 0.515. The zero-order valence-corrected chi connectivity index (χ0v) is 12.1. The summed E-state index contributed by atoms with van der Waals surface area (Å²) in [6.45, 7) is 2.82. The molecule has 0 aliphatic carbocycles. The number of likely N-dealkylation sites (tertiary alicyclic amines) is 1. The highest BCUT2D eigenvalue weighted by molar-refractivity contribution is 5.62. The number of rotatable bonds is 4. The van der Waals surface area contributed by atoms with Crippen LogP contribution in [-0.2, 0) is 6.54 Å². The van der Waals surface area contributed by atoms with E-state index in [2.05, 4.69) is 23.9 Å². The smallest absolute Gasteiger partial charge is 0.292 e. The molecule has 0 amide bonds. The number of piperidine rings is 1. The number of anilines is 1. The molecule has 1 heterocycles. The van der Waals surface area contributed by atoms with Crippen LogP contribution in [0.25, 0.3) is 0 Å². The molecule has 1 saturated heterocycles. The summed E-state index contributed by atoms with van der Waals surface area (Å²) < 4.78 is 0. The summed E-state index contributed by atoms with van der Waals surface area (Å²) in [5, 5.41) is 10.9. The molecule has 2 rings (SSSR count). The van der Waals surface area contributed by atoms with E-state index in [1.165, 1.54) is 12.5 Å². The van der Waals surface area contributed by atoms with Crippen molar-refractivity contribution in [2.24, 2.45) is 0 Å². The topological polar surface area (TPSA) is 75.6 Å². The van der Waals surface area contributed by atoms with Gasteiger partial charge in [-0.2, -0.15) is 0 Å². The van der Waals surface area contributed by atoms with Crippen molar-refractivity contribution in [3.8, 4) is 0 Å². The maximum atomic E-state index is 10.9. The third kappa shape index (κ3) is 3.26. The predicted molar refractivity (Wildman–Crippen MR) is 79.5 cm³/mol. The van der Waals surface area contributed by atoms with Crippen molar-refractivity contribution in [3.63, 3.8) is 0 Å². The average molecular weight is 278 g/mol. The highest BCUT2D eigenvalue weighted by atomic mass is 16.6. The van der Waals surface area contributed by atoms with Gasteiger partial charge in [0.1, 0.15) is 5.69 Å². The molecule has 20 heavy (non-hydrogen) atoms. The number of hydrogen-bond donors (Lipinski definition) is 1. The Bertz CT molecular complexity index is 492. The van der Waals surface area contributed by atoms with Gasteiger partial charge >= 0.3 is 0 Å². The first-order chi connectivity index (χ1) is 9.49. The number of nitro benzene ring substituents is 1. The molecule has 1 aliphatic rings. The van der Waals surface area contributed by atoms with Gasteiger partial charge in [0.15, 0.2) is 0 Å². The van der Waals surface area contributed by atoms with Gasteiger partial charge in [0.25, 0.3) is 5.69 Å². The lowest BCUT2D eigenvalue weighted by Crippen LogP contribution is -2.44. The molecule has 1 aromatic carbocycles. The van der Waals surface area contributed by atoms with Crippen LogP contribution in [0.5, 0.6) is 0 Å². The second-order valence-corrected chi connectivity index (χ2v) is 5.58. The zero-order valence-electron chi connectivity index (χ0n) is 12.1. The van der Waals surface area contributed by atoms with Gasteiger partial charge in [0.05, 0.1) is 4.92 Å². The molecule has 1 aromatic rings. The molecule has 6 heteroatoms. The van der Waals surface area contributed by atoms with E-state index in [1.807, 2.05) is 6.07 Å². The van der Waals surface area contributed by atoms with Gasteiger partial charge in [0, 0.05) is 25.2 Å². The molecular formula is C14H22N4O2. The Morgan fingerprint density at radius 3 is 2.95 bits per heavy atom. The fraction of sp³-hybridized carbons (Fsp3) is 0.571. The standard InChI is InChI=1S/C14H22N4O2/c1-16-8-4-6-12(10-16)17(2)9-11-5-3-7-13(14(11)15)18(19)20/h3,5,7,12H,4,6,8-10,15H2,1-2H3. The van der Waals surface area contributed by atoms with Gasteiger partial charge in [0.2, 0.25) is 0 Å². The maximum Gasteiger partial charge on any atom is 0.292 e. The highest BCUT2D eigenvalue weighted by Gasteiger charge is 2.22. The van der Waals surface area contributed by atoms with Gasteiger partial charge in [-0.25, -0.2) is 0 Å². The predicted octanol–water partition coefficient (Wildman–Crippen LogP) is 1.70. The monoisotopic (exact) mass is 278 g/mol. The molecule has 110 valence electrons. The van der Waals surface area contributed by atoms with Crippen LogP contribution in [0.15, 0.2) is 18.2 Å². The number of nitrogens with zero attached hydrogens (tertiary/aromatic N) is 3. The van der Waals surface area contributed by atoms with Crippen LogP contribution in [0.2, 0.25) is 0 Å². The second kappa shape index (κ2) is 6.19. The summed E-state index contributed by atoms with van der Waals surface area (Å²) in [5.41, 5.74) is 7.02. The van der Waals surface area contributed by atoms with Crippen LogP contribution >= 0.6 is 0 Å². The molecule has 2 N–H and O–H groups in total. The lowest BCUT2D eigenvalue weighted by Gasteiger charge is -2.36. The van der Waals surface area contributed by atoms with Crippen molar-refractivity contribution in [1.82, 2.24) is 9.80 Å². The van der Waals surface area contributed by atoms with Gasteiger partial charge < -0.3 is 10.6 Å². The lowest BCUT2D eigenvalue weighted by atomic mass is 10.0. The third-order valence-electron chi connectivity index (χ3n) is 4.01. The Morgan fingerprint density at radius 2 is 2.30 bits per heavy atom. The minimum atomic E-state index is -0.423. The van der Waals surface area contributed by atoms with Gasteiger partial charge in [-0.15, -0.1) is 0 Å². The number of nitrogens with two attached hydrogens (primary N) is 1. The summed E-state index contributed by atoms with van der Waals surface area (Å²) in [5.74, 6) is 0. The number of likely N-dealkylation sites (N-methyl/N-ethyl adjacent to an activating group) is 2. The highest BCUT2D eigenvalue weighted by Crippen LogP contribution is 2.26. The normalized spacial score (nSPS) is 20.2. The molecule has 1 atom stereocenters. The van der Waals surface area contributed by atoms with Crippen LogP contribution in [0, 0.1) is 10.1 Å². The van der Waals surface area contributed by atoms with E-state index in [-0.39, 0.29) is 11.4 Å². The van der Waals surface area contributed by atoms with E-state index >= 15 is 0 Å². The minimum Gasteiger partial charge on any atom is -0.393 e. The van der Waals surface area contributed by atoms with Crippen LogP contribution in [0.4, 0.5) is 11.4 Å². The molecule has 1 unspecified atom stereocenters. The summed E-state index contributed by atoms with van der Waals surface area (Å²) in [6.07, 6.45) is 2.35. The van der Waals surface area contributed by atoms with E-state index < -0.39 is 4.92 Å². The largest absolute Gasteiger partial charge is 0.393 e. The number of para-hydroxylation sites is 1. The van der Waals surface area contributed by atoms with E-state index in [4.69, 9.17) is 5.73 Å². The van der Waals surface area contributed by atoms with Crippen molar-refractivity contribution in [1.29, 1.82) is 0 Å². The van der Waals surface area contributed by atoms with Crippen molar-refractivity contribution in [2.45, 2.75) is 25.4 Å². The fourth-order valence-corrected chi connectivity index (χ4v) is 2.79. The first-order valence-corrected chi connectivity index (χ1v) is 6.89. The molecule has 0 aromatic heterocycles. The van der Waals surface area contributed by atoms with Crippen LogP contribution in [-0.4, -0.2) is 47.9 Å². The average Bonchev–Trinajstić information content (AvgIpc) is 2.40. The fourth-order valence-electron chi connectivity index (χ4n) is 2.79. The summed E-state index contributed by atoms with van der Waals surface area (Å²) in [6, 6.07) is 5.50. The molecule has 6 nitrogen and oxygen atoms in total. The van der Waals surface area contributed by atoms with Crippen molar-refractivity contribution in [2.75, 3.05) is 32.9 Å². The summed E-state index contributed by atoms with van der Waals surface area (Å²) >= 11 is 0. The van der Waals surface area contributed by atoms with Gasteiger partial charge in [-0.3, -0.25) is 15.0 Å². The maximum absolute atomic E-state index is 10.9. The van der Waals surface area contributed by atoms with Crippen molar-refractivity contribution in [3.05, 3.63) is 33.9 Å². The Kier molecular flexibility index (Phi) is 4.57. The summed E-state index contributed by atoms with van der Waals surface area (Å²) in [7, 11) is 4.18. The number of benzene rings is 1. The first kappa shape index (κ1) is 14.7. The van der Waals surface area contributed by atoms with E-state index in [1.54, 1.807) is 6.07 Å². The lowest BCUT2D eigenvalue weighted by molar-refractivity contribution is -0.384. The van der Waals surface area contributed by atoms with E-state index in [9.17, 15) is 10.1 Å². The first-order valence-electron chi connectivity index (χ1n) is 6.89. The summed E-state index contributed by atoms with van der Waals surface area (Å²) in [4.78, 5) is 15.0. The second-order valence-electron chi connectivity index (χ2n) is 5.58. The number of nitro groups is 1. The molecule has 1 aliphatic heterocycles. The molecule has 0 spiro atoms. The SMILES string of the molecule is CN1CCCC(N(C)Cc2cccc([N+](=O)[O-])c2N)C1. The van der Waals surface area contributed by atoms with Crippen LogP contribution in [0.1, 0.15) is 18.4 Å². The molecular weight excluding hydrogens is 256 g/mol. The zero-order chi connectivity index (χ0) is 14.7. The van der Waals surface area contributed by atoms with Crippen molar-refractivity contribution < 1.29 is 4.92 Å². The Morgan fingerprint density at radius 1 is 1.55 bits per heavy atom. The third-order valence-corrected chi connectivity index (χ3v) is 4.01. The van der Waals surface area contributed by atoms with E-state index in [0.29, 0.717) is 12.6 Å². The Balaban J connectivity index is 2.09.